The van der Waals surface area contributed by atoms with Gasteiger partial charge in [-0.2, -0.15) is 0 Å². The second kappa shape index (κ2) is 9.92. The maximum Gasteiger partial charge on any atom is 0.344 e. The van der Waals surface area contributed by atoms with Gasteiger partial charge >= 0.3 is 5.97 Å². The average Bonchev–Trinajstić information content (AvgIpc) is 3.03. The summed E-state index contributed by atoms with van der Waals surface area (Å²) in [5.41, 5.74) is 2.05. The number of rotatable bonds is 7. The highest BCUT2D eigenvalue weighted by molar-refractivity contribution is 9.10. The van der Waals surface area contributed by atoms with E-state index >= 15 is 0 Å². The minimum atomic E-state index is -0.453. The van der Waals surface area contributed by atoms with Crippen LogP contribution in [0, 0.1) is 6.57 Å². The lowest BCUT2D eigenvalue weighted by Crippen LogP contribution is -2.35. The first-order chi connectivity index (χ1) is 13.6. The van der Waals surface area contributed by atoms with E-state index in [1.165, 1.54) is 11.3 Å². The molecule has 0 radical (unpaired) electrons. The highest BCUT2D eigenvalue weighted by Crippen LogP contribution is 2.50. The molecule has 1 aliphatic rings. The summed E-state index contributed by atoms with van der Waals surface area (Å²) in [7, 11) is 0. The zero-order valence-corrected chi connectivity index (χ0v) is 18.0. The minimum Gasteiger partial charge on any atom is -0.491 e. The number of nitrogens with one attached hydrogen (secondary N) is 2. The Morgan fingerprint density at radius 2 is 2.21 bits per heavy atom. The molecule has 1 aliphatic heterocycles. The molecule has 0 atom stereocenters. The molecule has 2 aromatic rings. The van der Waals surface area contributed by atoms with Gasteiger partial charge in [-0.1, -0.05) is 12.1 Å². The van der Waals surface area contributed by atoms with Crippen LogP contribution in [0.2, 0.25) is 0 Å². The highest BCUT2D eigenvalue weighted by atomic mass is 79.9. The van der Waals surface area contributed by atoms with Crippen LogP contribution in [0.25, 0.3) is 15.3 Å². The number of hydrogen-bond acceptors (Lipinski definition) is 6. The van der Waals surface area contributed by atoms with E-state index in [4.69, 9.17) is 16.0 Å². The first kappa shape index (κ1) is 20.6. The molecule has 1 aromatic carbocycles. The highest BCUT2D eigenvalue weighted by Gasteiger charge is 2.21. The predicted octanol–water partition coefficient (Wildman–Crippen LogP) is 4.83. The second-order valence-electron chi connectivity index (χ2n) is 6.33. The van der Waals surface area contributed by atoms with E-state index in [9.17, 15) is 4.79 Å². The average molecular weight is 464 g/mol. The smallest absolute Gasteiger partial charge is 0.344 e. The lowest BCUT2D eigenvalue weighted by Gasteiger charge is -2.24. The summed E-state index contributed by atoms with van der Waals surface area (Å²) in [4.78, 5) is 16.0. The van der Waals surface area contributed by atoms with E-state index < -0.39 is 5.97 Å². The van der Waals surface area contributed by atoms with Crippen LogP contribution in [0.3, 0.4) is 0 Å². The number of piperidine rings is 1. The first-order valence-electron chi connectivity index (χ1n) is 9.18. The number of hydrogen-bond donors (Lipinski definition) is 2. The Labute approximate surface area is 177 Å². The number of halogens is 1. The van der Waals surface area contributed by atoms with Crippen LogP contribution in [0.1, 0.15) is 19.8 Å². The number of carbonyl (C=O) groups excluding carboxylic acids is 1. The fourth-order valence-corrected chi connectivity index (χ4v) is 4.88. The van der Waals surface area contributed by atoms with Gasteiger partial charge in [-0.15, -0.1) is 11.3 Å². The molecule has 2 heterocycles. The molecule has 8 heteroatoms. The molecule has 0 unspecified atom stereocenters. The topological polar surface area (TPSA) is 64.0 Å². The van der Waals surface area contributed by atoms with Crippen molar-refractivity contribution in [3.63, 3.8) is 0 Å². The van der Waals surface area contributed by atoms with Crippen LogP contribution in [0.5, 0.6) is 5.75 Å². The Kier molecular flexibility index (Phi) is 7.31. The molecule has 0 bridgehead atoms. The zero-order valence-electron chi connectivity index (χ0n) is 15.6. The second-order valence-corrected chi connectivity index (χ2v) is 8.13. The van der Waals surface area contributed by atoms with Crippen molar-refractivity contribution in [3.05, 3.63) is 40.2 Å². The largest absolute Gasteiger partial charge is 0.491 e. The van der Waals surface area contributed by atoms with Gasteiger partial charge in [-0.05, 0) is 66.5 Å². The SMILES string of the molecule is [C-]#[N+]c1sc(-c2cccc(NC3CCNCC3)c2)c(Br)c1OCC(=O)OCC. The molecule has 0 amide bonds. The van der Waals surface area contributed by atoms with E-state index in [2.05, 4.69) is 43.5 Å². The fraction of sp³-hybridized carbons (Fsp3) is 0.400. The summed E-state index contributed by atoms with van der Waals surface area (Å²) >= 11 is 4.90. The molecule has 6 nitrogen and oxygen atoms in total. The van der Waals surface area contributed by atoms with E-state index in [-0.39, 0.29) is 6.61 Å². The lowest BCUT2D eigenvalue weighted by atomic mass is 10.1. The molecular weight excluding hydrogens is 442 g/mol. The van der Waals surface area contributed by atoms with E-state index in [1.807, 2.05) is 12.1 Å². The summed E-state index contributed by atoms with van der Waals surface area (Å²) < 4.78 is 11.2. The Morgan fingerprint density at radius 1 is 1.43 bits per heavy atom. The molecule has 148 valence electrons. The molecule has 0 aliphatic carbocycles. The van der Waals surface area contributed by atoms with Crippen molar-refractivity contribution in [3.8, 4) is 16.2 Å². The van der Waals surface area contributed by atoms with Gasteiger partial charge in [-0.3, -0.25) is 0 Å². The summed E-state index contributed by atoms with van der Waals surface area (Å²) in [6.45, 7) is 11.3. The molecule has 1 aromatic heterocycles. The van der Waals surface area contributed by atoms with Crippen molar-refractivity contribution in [1.82, 2.24) is 5.32 Å². The molecule has 1 fully saturated rings. The molecule has 2 N–H and O–H groups in total. The Morgan fingerprint density at radius 3 is 2.93 bits per heavy atom. The van der Waals surface area contributed by atoms with Gasteiger partial charge < -0.3 is 20.1 Å². The van der Waals surface area contributed by atoms with Crippen molar-refractivity contribution in [2.45, 2.75) is 25.8 Å². The molecule has 3 rings (SSSR count). The van der Waals surface area contributed by atoms with Gasteiger partial charge in [0, 0.05) is 16.6 Å². The van der Waals surface area contributed by atoms with Gasteiger partial charge in [0.1, 0.15) is 0 Å². The third kappa shape index (κ3) is 5.04. The number of benzene rings is 1. The quantitative estimate of drug-likeness (QED) is 0.454. The standard InChI is InChI=1S/C20H22BrN3O3S/c1-3-26-16(25)12-27-18-17(21)19(28-20(18)22-2)13-5-4-6-15(11-13)24-14-7-9-23-10-8-14/h4-6,11,14,23-24H,3,7-10,12H2,1H3. The summed E-state index contributed by atoms with van der Waals surface area (Å²) in [5, 5.41) is 7.37. The van der Waals surface area contributed by atoms with Crippen molar-refractivity contribution >= 4 is 43.9 Å². The van der Waals surface area contributed by atoms with Crippen LogP contribution in [0.4, 0.5) is 10.7 Å². The van der Waals surface area contributed by atoms with Crippen LogP contribution in [-0.2, 0) is 9.53 Å². The summed E-state index contributed by atoms with van der Waals surface area (Å²) in [6, 6.07) is 8.61. The normalized spacial score (nSPS) is 14.3. The zero-order chi connectivity index (χ0) is 19.9. The van der Waals surface area contributed by atoms with E-state index in [0.717, 1.165) is 42.1 Å². The van der Waals surface area contributed by atoms with Gasteiger partial charge in [0.05, 0.1) is 17.7 Å². The predicted molar refractivity (Wildman–Crippen MR) is 115 cm³/mol. The maximum atomic E-state index is 11.6. The molecule has 0 spiro atoms. The van der Waals surface area contributed by atoms with Gasteiger partial charge in [-0.25, -0.2) is 9.64 Å². The van der Waals surface area contributed by atoms with Gasteiger partial charge in [0.25, 0.3) is 5.00 Å². The van der Waals surface area contributed by atoms with Crippen LogP contribution >= 0.6 is 27.3 Å². The molecule has 28 heavy (non-hydrogen) atoms. The fourth-order valence-electron chi connectivity index (χ4n) is 3.06. The van der Waals surface area contributed by atoms with Crippen molar-refractivity contribution in [2.24, 2.45) is 0 Å². The van der Waals surface area contributed by atoms with Crippen molar-refractivity contribution < 1.29 is 14.3 Å². The Balaban J connectivity index is 1.80. The third-order valence-corrected chi connectivity index (χ3v) is 6.50. The number of ether oxygens (including phenoxy) is 2. The van der Waals surface area contributed by atoms with Crippen molar-refractivity contribution in [1.29, 1.82) is 0 Å². The number of carbonyl (C=O) groups is 1. The Bertz CT molecular complexity index is 872. The monoisotopic (exact) mass is 463 g/mol. The summed E-state index contributed by atoms with van der Waals surface area (Å²) in [5.74, 6) is -0.0639. The lowest BCUT2D eigenvalue weighted by molar-refractivity contribution is -0.145. The van der Waals surface area contributed by atoms with Crippen molar-refractivity contribution in [2.75, 3.05) is 31.6 Å². The third-order valence-electron chi connectivity index (χ3n) is 4.37. The van der Waals surface area contributed by atoms with E-state index in [0.29, 0.717) is 27.9 Å². The molecular formula is C20H22BrN3O3S. The Hall–Kier alpha value is -2.08. The first-order valence-corrected chi connectivity index (χ1v) is 10.8. The van der Waals surface area contributed by atoms with Gasteiger partial charge in [0.2, 0.25) is 0 Å². The number of anilines is 1. The number of esters is 1. The maximum absolute atomic E-state index is 11.6. The van der Waals surface area contributed by atoms with Gasteiger partial charge in [0.15, 0.2) is 12.4 Å². The van der Waals surface area contributed by atoms with Crippen LogP contribution in [0.15, 0.2) is 28.7 Å². The van der Waals surface area contributed by atoms with Crippen LogP contribution in [-0.4, -0.2) is 38.3 Å². The van der Waals surface area contributed by atoms with Crippen LogP contribution < -0.4 is 15.4 Å². The minimum absolute atomic E-state index is 0.220. The van der Waals surface area contributed by atoms with E-state index in [1.54, 1.807) is 6.92 Å². The number of thiophene rings is 1. The number of nitrogens with zero attached hydrogens (tertiary/aromatic N) is 1. The molecule has 1 saturated heterocycles. The summed E-state index contributed by atoms with van der Waals surface area (Å²) in [6.07, 6.45) is 2.20. The molecule has 0 saturated carbocycles.